The van der Waals surface area contributed by atoms with Crippen LogP contribution in [0.25, 0.3) is 11.4 Å². The van der Waals surface area contributed by atoms with Crippen molar-refractivity contribution in [2.45, 2.75) is 38.5 Å². The lowest BCUT2D eigenvalue weighted by molar-refractivity contribution is -0.121. The highest BCUT2D eigenvalue weighted by atomic mass is 16.1. The van der Waals surface area contributed by atoms with Crippen LogP contribution in [0.2, 0.25) is 0 Å². The molecule has 1 atom stereocenters. The van der Waals surface area contributed by atoms with Gasteiger partial charge in [-0.05, 0) is 43.6 Å². The zero-order chi connectivity index (χ0) is 20.8. The van der Waals surface area contributed by atoms with E-state index in [0.29, 0.717) is 31.1 Å². The minimum Gasteiger partial charge on any atom is -0.356 e. The number of fused-ring (bicyclic) bond motifs is 1. The second-order valence-electron chi connectivity index (χ2n) is 7.94. The fourth-order valence-electron chi connectivity index (χ4n) is 4.03. The number of aromatic amines is 1. The van der Waals surface area contributed by atoms with Gasteiger partial charge in [0.05, 0.1) is 5.69 Å². The molecule has 3 aromatic rings. The zero-order valence-corrected chi connectivity index (χ0v) is 17.1. The summed E-state index contributed by atoms with van der Waals surface area (Å²) in [5.74, 6) is 1.08. The van der Waals surface area contributed by atoms with E-state index in [9.17, 15) is 9.59 Å². The number of nitrogens with zero attached hydrogens (tertiary/aromatic N) is 1. The summed E-state index contributed by atoms with van der Waals surface area (Å²) in [6.07, 6.45) is 4.54. The molecule has 1 aliphatic carbocycles. The van der Waals surface area contributed by atoms with Crippen LogP contribution in [0.3, 0.4) is 0 Å². The van der Waals surface area contributed by atoms with Crippen LogP contribution in [-0.2, 0) is 24.1 Å². The molecule has 1 unspecified atom stereocenters. The Morgan fingerprint density at radius 1 is 1.00 bits per heavy atom. The Labute approximate surface area is 176 Å². The standard InChI is InChI=1S/C25H27N3O2/c29-23(16-13-18-7-3-1-4-8-18)26-17-19-11-14-21-22(15-12-19)27-24(28-25(21)30)20-9-5-2-6-10-20/h1-10,19H,11-17H2,(H,26,29)(H,27,28,30). The van der Waals surface area contributed by atoms with Crippen LogP contribution in [0.5, 0.6) is 0 Å². The van der Waals surface area contributed by atoms with E-state index >= 15 is 0 Å². The van der Waals surface area contributed by atoms with Crippen LogP contribution < -0.4 is 10.9 Å². The fourth-order valence-corrected chi connectivity index (χ4v) is 4.03. The molecule has 0 aliphatic heterocycles. The maximum absolute atomic E-state index is 12.6. The van der Waals surface area contributed by atoms with Gasteiger partial charge in [-0.3, -0.25) is 9.59 Å². The highest BCUT2D eigenvalue weighted by Gasteiger charge is 2.21. The monoisotopic (exact) mass is 401 g/mol. The number of carbonyl (C=O) groups excluding carboxylic acids is 1. The Morgan fingerprint density at radius 2 is 1.70 bits per heavy atom. The van der Waals surface area contributed by atoms with Crippen LogP contribution in [-0.4, -0.2) is 22.4 Å². The molecule has 5 heteroatoms. The molecule has 0 saturated heterocycles. The van der Waals surface area contributed by atoms with Gasteiger partial charge in [0.25, 0.3) is 5.56 Å². The van der Waals surface area contributed by atoms with Crippen LogP contribution >= 0.6 is 0 Å². The Kier molecular flexibility index (Phi) is 6.38. The maximum atomic E-state index is 12.6. The molecule has 30 heavy (non-hydrogen) atoms. The number of aryl methyl sites for hydroxylation is 2. The average molecular weight is 402 g/mol. The van der Waals surface area contributed by atoms with Gasteiger partial charge in [-0.2, -0.15) is 0 Å². The normalized spacial score (nSPS) is 15.8. The molecule has 0 fully saturated rings. The summed E-state index contributed by atoms with van der Waals surface area (Å²) in [5, 5.41) is 3.08. The molecule has 1 aromatic heterocycles. The minimum atomic E-state index is -0.0357. The molecule has 2 aromatic carbocycles. The molecule has 2 N–H and O–H groups in total. The van der Waals surface area contributed by atoms with Crippen LogP contribution in [0.1, 0.15) is 36.1 Å². The summed E-state index contributed by atoms with van der Waals surface area (Å²) in [6, 6.07) is 19.8. The van der Waals surface area contributed by atoms with Crippen molar-refractivity contribution in [3.8, 4) is 11.4 Å². The van der Waals surface area contributed by atoms with E-state index in [1.54, 1.807) is 0 Å². The number of benzene rings is 2. The van der Waals surface area contributed by atoms with E-state index in [1.165, 1.54) is 5.56 Å². The van der Waals surface area contributed by atoms with E-state index < -0.39 is 0 Å². The van der Waals surface area contributed by atoms with Gasteiger partial charge in [0.2, 0.25) is 5.91 Å². The van der Waals surface area contributed by atoms with Crippen LogP contribution in [0.4, 0.5) is 0 Å². The average Bonchev–Trinajstić information content (AvgIpc) is 3.00. The van der Waals surface area contributed by atoms with E-state index in [2.05, 4.69) is 10.3 Å². The number of aromatic nitrogens is 2. The van der Waals surface area contributed by atoms with E-state index in [-0.39, 0.29) is 11.5 Å². The molecule has 0 radical (unpaired) electrons. The zero-order valence-electron chi connectivity index (χ0n) is 17.1. The summed E-state index contributed by atoms with van der Waals surface area (Å²) < 4.78 is 0. The lowest BCUT2D eigenvalue weighted by Gasteiger charge is -2.14. The lowest BCUT2D eigenvalue weighted by Crippen LogP contribution is -2.29. The minimum absolute atomic E-state index is 0.0357. The SMILES string of the molecule is O=C(CCc1ccccc1)NCC1CCc2nc(-c3ccccc3)[nH]c(=O)c2CC1. The lowest BCUT2D eigenvalue weighted by atomic mass is 9.99. The largest absolute Gasteiger partial charge is 0.356 e. The number of rotatable bonds is 6. The maximum Gasteiger partial charge on any atom is 0.254 e. The molecular weight excluding hydrogens is 374 g/mol. The first-order valence-electron chi connectivity index (χ1n) is 10.7. The molecule has 0 saturated carbocycles. The van der Waals surface area contributed by atoms with E-state index in [4.69, 9.17) is 4.98 Å². The van der Waals surface area contributed by atoms with Crippen LogP contribution in [0.15, 0.2) is 65.5 Å². The molecule has 1 amide bonds. The summed E-state index contributed by atoms with van der Waals surface area (Å²) in [6.45, 7) is 0.658. The Hall–Kier alpha value is -3.21. The van der Waals surface area contributed by atoms with Crippen molar-refractivity contribution >= 4 is 5.91 Å². The van der Waals surface area contributed by atoms with Gasteiger partial charge in [-0.25, -0.2) is 4.98 Å². The molecular formula is C25H27N3O2. The van der Waals surface area contributed by atoms with Crippen LogP contribution in [0, 0.1) is 5.92 Å². The Balaban J connectivity index is 1.33. The smallest absolute Gasteiger partial charge is 0.254 e. The van der Waals surface area contributed by atoms with Gasteiger partial charge >= 0.3 is 0 Å². The van der Waals surface area contributed by atoms with Crippen molar-refractivity contribution in [3.63, 3.8) is 0 Å². The van der Waals surface area contributed by atoms with Gasteiger partial charge in [-0.1, -0.05) is 60.7 Å². The summed E-state index contributed by atoms with van der Waals surface area (Å²) in [4.78, 5) is 32.6. The summed E-state index contributed by atoms with van der Waals surface area (Å²) >= 11 is 0. The summed E-state index contributed by atoms with van der Waals surface area (Å²) in [7, 11) is 0. The first kappa shape index (κ1) is 20.1. The topological polar surface area (TPSA) is 74.8 Å². The van der Waals surface area contributed by atoms with Crippen molar-refractivity contribution in [2.75, 3.05) is 6.54 Å². The second-order valence-corrected chi connectivity index (χ2v) is 7.94. The number of carbonyl (C=O) groups is 1. The van der Waals surface area contributed by atoms with Crippen molar-refractivity contribution < 1.29 is 4.79 Å². The van der Waals surface area contributed by atoms with Gasteiger partial charge in [0.1, 0.15) is 5.82 Å². The summed E-state index contributed by atoms with van der Waals surface area (Å²) in [5.41, 5.74) is 3.76. The number of H-pyrrole nitrogens is 1. The molecule has 154 valence electrons. The number of nitrogens with one attached hydrogen (secondary N) is 2. The predicted molar refractivity (Wildman–Crippen MR) is 118 cm³/mol. The third-order valence-corrected chi connectivity index (χ3v) is 5.81. The van der Waals surface area contributed by atoms with Crippen molar-refractivity contribution in [2.24, 2.45) is 5.92 Å². The third-order valence-electron chi connectivity index (χ3n) is 5.81. The first-order chi connectivity index (χ1) is 14.7. The van der Waals surface area contributed by atoms with Crippen molar-refractivity contribution in [1.29, 1.82) is 0 Å². The second kappa shape index (κ2) is 9.53. The molecule has 4 rings (SSSR count). The molecule has 0 bridgehead atoms. The van der Waals surface area contributed by atoms with Crippen molar-refractivity contribution in [3.05, 3.63) is 87.8 Å². The highest BCUT2D eigenvalue weighted by Crippen LogP contribution is 2.23. The number of amides is 1. The molecule has 1 aliphatic rings. The first-order valence-corrected chi connectivity index (χ1v) is 10.7. The van der Waals surface area contributed by atoms with Gasteiger partial charge in [0, 0.05) is 24.1 Å². The Bertz CT molecular complexity index is 1040. The molecule has 5 nitrogen and oxygen atoms in total. The molecule has 0 spiro atoms. The third kappa shape index (κ3) is 5.03. The molecule has 1 heterocycles. The van der Waals surface area contributed by atoms with Gasteiger partial charge in [0.15, 0.2) is 0 Å². The fraction of sp³-hybridized carbons (Fsp3) is 0.320. The van der Waals surface area contributed by atoms with Gasteiger partial charge < -0.3 is 10.3 Å². The van der Waals surface area contributed by atoms with Gasteiger partial charge in [-0.15, -0.1) is 0 Å². The Morgan fingerprint density at radius 3 is 2.47 bits per heavy atom. The van der Waals surface area contributed by atoms with E-state index in [1.807, 2.05) is 60.7 Å². The number of hydrogen-bond acceptors (Lipinski definition) is 3. The number of hydrogen-bond donors (Lipinski definition) is 2. The highest BCUT2D eigenvalue weighted by molar-refractivity contribution is 5.76. The van der Waals surface area contributed by atoms with Crippen molar-refractivity contribution in [1.82, 2.24) is 15.3 Å². The van der Waals surface area contributed by atoms with E-state index in [0.717, 1.165) is 42.5 Å². The quantitative estimate of drug-likeness (QED) is 0.619. The predicted octanol–water partition coefficient (Wildman–Crippen LogP) is 3.68.